The van der Waals surface area contributed by atoms with Crippen LogP contribution in [0.5, 0.6) is 0 Å². The molecule has 0 aromatic heterocycles. The molecule has 0 aromatic rings. The number of hydrogen-bond acceptors (Lipinski definition) is 2. The molecule has 13 heavy (non-hydrogen) atoms. The number of allylic oxidation sites excluding steroid dienone is 1. The highest BCUT2D eigenvalue weighted by Crippen LogP contribution is 1.89. The molecule has 0 fully saturated rings. The van der Waals surface area contributed by atoms with Crippen LogP contribution in [-0.4, -0.2) is 25.3 Å². The summed E-state index contributed by atoms with van der Waals surface area (Å²) in [6, 6.07) is 0. The predicted molar refractivity (Wildman–Crippen MR) is 60.6 cm³/mol. The Hall–Kier alpha value is -0.630. The van der Waals surface area contributed by atoms with E-state index in [0.717, 1.165) is 25.3 Å². The van der Waals surface area contributed by atoms with Crippen molar-refractivity contribution in [2.45, 2.75) is 33.1 Å². The van der Waals surface area contributed by atoms with Crippen molar-refractivity contribution < 1.29 is 0 Å². The molecule has 0 bridgehead atoms. The van der Waals surface area contributed by atoms with Crippen molar-refractivity contribution in [3.8, 4) is 0 Å². The second-order valence-corrected chi connectivity index (χ2v) is 3.18. The summed E-state index contributed by atoms with van der Waals surface area (Å²) in [6.45, 7) is 11.0. The lowest BCUT2D eigenvalue weighted by Gasteiger charge is -2.00. The molecule has 76 valence electrons. The van der Waals surface area contributed by atoms with Gasteiger partial charge in [0.05, 0.1) is 0 Å². The molecular formula is C11H22N2. The molecule has 0 spiro atoms. The van der Waals surface area contributed by atoms with Gasteiger partial charge in [0.1, 0.15) is 0 Å². The summed E-state index contributed by atoms with van der Waals surface area (Å²) in [5.74, 6) is 0. The highest BCUT2D eigenvalue weighted by Gasteiger charge is 1.87. The van der Waals surface area contributed by atoms with Gasteiger partial charge < -0.3 is 5.32 Å². The summed E-state index contributed by atoms with van der Waals surface area (Å²) in [4.78, 5) is 4.33. The maximum Gasteiger partial charge on any atom is 0.0392 e. The van der Waals surface area contributed by atoms with Gasteiger partial charge in [-0.15, -0.1) is 0 Å². The maximum atomic E-state index is 4.33. The van der Waals surface area contributed by atoms with Gasteiger partial charge in [-0.3, -0.25) is 4.99 Å². The first kappa shape index (κ1) is 12.4. The van der Waals surface area contributed by atoms with Crippen LogP contribution >= 0.6 is 0 Å². The summed E-state index contributed by atoms with van der Waals surface area (Å²) >= 11 is 0. The number of unbranched alkanes of at least 4 members (excludes halogenated alkanes) is 1. The first-order valence-corrected chi connectivity index (χ1v) is 5.15. The molecule has 0 unspecified atom stereocenters. The lowest BCUT2D eigenvalue weighted by Crippen LogP contribution is -2.15. The molecule has 0 heterocycles. The van der Waals surface area contributed by atoms with E-state index in [1.807, 2.05) is 6.92 Å². The number of nitrogens with zero attached hydrogens (tertiary/aromatic N) is 1. The van der Waals surface area contributed by atoms with Crippen molar-refractivity contribution in [3.63, 3.8) is 0 Å². The summed E-state index contributed by atoms with van der Waals surface area (Å²) in [5.41, 5.74) is 1.04. The topological polar surface area (TPSA) is 24.4 Å². The van der Waals surface area contributed by atoms with Crippen molar-refractivity contribution in [2.75, 3.05) is 19.6 Å². The molecule has 0 saturated heterocycles. The van der Waals surface area contributed by atoms with Crippen molar-refractivity contribution in [1.82, 2.24) is 5.32 Å². The van der Waals surface area contributed by atoms with Gasteiger partial charge in [-0.05, 0) is 45.4 Å². The Morgan fingerprint density at radius 1 is 1.38 bits per heavy atom. The summed E-state index contributed by atoms with van der Waals surface area (Å²) in [5, 5.41) is 3.37. The van der Waals surface area contributed by atoms with E-state index in [0.29, 0.717) is 0 Å². The van der Waals surface area contributed by atoms with Crippen LogP contribution in [0.15, 0.2) is 17.6 Å². The molecule has 0 aromatic carbocycles. The van der Waals surface area contributed by atoms with E-state index in [-0.39, 0.29) is 0 Å². The smallest absolute Gasteiger partial charge is 0.0392 e. The van der Waals surface area contributed by atoms with Crippen LogP contribution in [0, 0.1) is 0 Å². The maximum absolute atomic E-state index is 4.33. The molecule has 0 radical (unpaired) electrons. The predicted octanol–water partition coefficient (Wildman–Crippen LogP) is 2.41. The van der Waals surface area contributed by atoms with Crippen molar-refractivity contribution in [3.05, 3.63) is 12.7 Å². The molecule has 1 N–H and O–H groups in total. The van der Waals surface area contributed by atoms with Gasteiger partial charge in [0.25, 0.3) is 0 Å². The molecule has 2 heteroatoms. The Kier molecular flexibility index (Phi) is 9.00. The third-order valence-corrected chi connectivity index (χ3v) is 1.85. The van der Waals surface area contributed by atoms with E-state index in [1.54, 1.807) is 6.08 Å². The van der Waals surface area contributed by atoms with E-state index in [1.165, 1.54) is 19.3 Å². The van der Waals surface area contributed by atoms with Gasteiger partial charge in [-0.25, -0.2) is 0 Å². The Bertz CT molecular complexity index is 150. The second-order valence-electron chi connectivity index (χ2n) is 3.18. The van der Waals surface area contributed by atoms with Crippen LogP contribution in [0.4, 0.5) is 0 Å². The lowest BCUT2D eigenvalue weighted by molar-refractivity contribution is 0.621. The van der Waals surface area contributed by atoms with Crippen LogP contribution in [-0.2, 0) is 0 Å². The fourth-order valence-electron chi connectivity index (χ4n) is 0.984. The summed E-state index contributed by atoms with van der Waals surface area (Å²) in [6.07, 6.45) is 5.40. The normalized spacial score (nSPS) is 11.7. The molecule has 0 atom stereocenters. The minimum atomic E-state index is 0.936. The molecule has 0 rings (SSSR count). The van der Waals surface area contributed by atoms with Gasteiger partial charge in [0, 0.05) is 12.3 Å². The largest absolute Gasteiger partial charge is 0.317 e. The van der Waals surface area contributed by atoms with E-state index >= 15 is 0 Å². The first-order chi connectivity index (χ1) is 6.31. The quantitative estimate of drug-likeness (QED) is 0.452. The number of nitrogens with one attached hydrogen (secondary N) is 1. The Morgan fingerprint density at radius 2 is 2.15 bits per heavy atom. The van der Waals surface area contributed by atoms with Crippen LogP contribution < -0.4 is 5.32 Å². The minimum Gasteiger partial charge on any atom is -0.317 e. The molecular weight excluding hydrogens is 160 g/mol. The number of hydrogen-bond donors (Lipinski definition) is 1. The summed E-state index contributed by atoms with van der Waals surface area (Å²) in [7, 11) is 0. The van der Waals surface area contributed by atoms with Crippen LogP contribution in [0.25, 0.3) is 0 Å². The Labute approximate surface area is 82.1 Å². The van der Waals surface area contributed by atoms with Gasteiger partial charge in [0.15, 0.2) is 0 Å². The van der Waals surface area contributed by atoms with Gasteiger partial charge in [-0.1, -0.05) is 13.5 Å². The third-order valence-electron chi connectivity index (χ3n) is 1.85. The fourth-order valence-corrected chi connectivity index (χ4v) is 0.984. The standard InChI is InChI=1S/C11H22N2/c1-4-8-12-9-6-7-10-13-11(3)5-2/h5,12H,2,4,6-10H2,1,3H3. The molecule has 0 aliphatic heterocycles. The minimum absolute atomic E-state index is 0.936. The van der Waals surface area contributed by atoms with Crippen molar-refractivity contribution >= 4 is 5.71 Å². The zero-order chi connectivity index (χ0) is 9.94. The molecule has 0 amide bonds. The highest BCUT2D eigenvalue weighted by molar-refractivity contribution is 5.92. The Morgan fingerprint density at radius 3 is 2.77 bits per heavy atom. The van der Waals surface area contributed by atoms with E-state index < -0.39 is 0 Å². The number of rotatable bonds is 8. The first-order valence-electron chi connectivity index (χ1n) is 5.15. The SMILES string of the molecule is C=CC(C)=NCCCCNCCC. The molecule has 0 aliphatic carbocycles. The van der Waals surface area contributed by atoms with Crippen LogP contribution in [0.3, 0.4) is 0 Å². The van der Waals surface area contributed by atoms with Gasteiger partial charge in [0.2, 0.25) is 0 Å². The zero-order valence-corrected chi connectivity index (χ0v) is 8.97. The zero-order valence-electron chi connectivity index (χ0n) is 8.97. The van der Waals surface area contributed by atoms with Crippen LogP contribution in [0.2, 0.25) is 0 Å². The number of aliphatic imine (C=N–C) groups is 1. The molecule has 0 aliphatic rings. The second kappa shape index (κ2) is 9.46. The monoisotopic (exact) mass is 182 g/mol. The average Bonchev–Trinajstić information content (AvgIpc) is 2.16. The van der Waals surface area contributed by atoms with E-state index in [2.05, 4.69) is 23.8 Å². The fraction of sp³-hybridized carbons (Fsp3) is 0.727. The van der Waals surface area contributed by atoms with E-state index in [4.69, 9.17) is 0 Å². The highest BCUT2D eigenvalue weighted by atomic mass is 14.8. The van der Waals surface area contributed by atoms with Crippen molar-refractivity contribution in [2.24, 2.45) is 4.99 Å². The van der Waals surface area contributed by atoms with Gasteiger partial charge in [-0.2, -0.15) is 0 Å². The lowest BCUT2D eigenvalue weighted by atomic mass is 10.3. The van der Waals surface area contributed by atoms with E-state index in [9.17, 15) is 0 Å². The third kappa shape index (κ3) is 9.28. The molecule has 2 nitrogen and oxygen atoms in total. The molecule has 0 saturated carbocycles. The van der Waals surface area contributed by atoms with Crippen LogP contribution in [0.1, 0.15) is 33.1 Å². The Balaban J connectivity index is 3.12. The average molecular weight is 182 g/mol. The van der Waals surface area contributed by atoms with Crippen molar-refractivity contribution in [1.29, 1.82) is 0 Å². The summed E-state index contributed by atoms with van der Waals surface area (Å²) < 4.78 is 0. The van der Waals surface area contributed by atoms with Gasteiger partial charge >= 0.3 is 0 Å².